The average Bonchev–Trinajstić information content (AvgIpc) is 2.68. The van der Waals surface area contributed by atoms with E-state index >= 15 is 0 Å². The van der Waals surface area contributed by atoms with Crippen LogP contribution in [0.2, 0.25) is 0 Å². The summed E-state index contributed by atoms with van der Waals surface area (Å²) < 4.78 is 0. The molecule has 0 saturated heterocycles. The van der Waals surface area contributed by atoms with E-state index in [0.717, 1.165) is 11.1 Å². The Hall–Kier alpha value is -3.60. The summed E-state index contributed by atoms with van der Waals surface area (Å²) in [6.07, 6.45) is 0.997. The Morgan fingerprint density at radius 2 is 1.54 bits per heavy atom. The molecule has 5 nitrogen and oxygen atoms in total. The van der Waals surface area contributed by atoms with Crippen LogP contribution in [0.25, 0.3) is 0 Å². The van der Waals surface area contributed by atoms with Gasteiger partial charge in [-0.15, -0.1) is 0 Å². The molecule has 5 heteroatoms. The van der Waals surface area contributed by atoms with Crippen molar-refractivity contribution >= 4 is 28.9 Å². The summed E-state index contributed by atoms with van der Waals surface area (Å²) in [6.45, 7) is 1.90. The van der Waals surface area contributed by atoms with E-state index in [0.29, 0.717) is 35.5 Å². The lowest BCUT2D eigenvalue weighted by molar-refractivity contribution is -0.116. The van der Waals surface area contributed by atoms with Crippen LogP contribution in [0.3, 0.4) is 0 Å². The predicted molar refractivity (Wildman–Crippen MR) is 113 cm³/mol. The fraction of sp³-hybridized carbons (Fsp3) is 0.130. The third-order valence-corrected chi connectivity index (χ3v) is 4.41. The smallest absolute Gasteiger partial charge is 0.255 e. The van der Waals surface area contributed by atoms with E-state index in [2.05, 4.69) is 10.6 Å². The summed E-state index contributed by atoms with van der Waals surface area (Å²) in [5, 5.41) is 5.73. The number of nitrogens with one attached hydrogen (secondary N) is 2. The molecular weight excluding hydrogens is 350 g/mol. The highest BCUT2D eigenvalue weighted by molar-refractivity contribution is 6.05. The summed E-state index contributed by atoms with van der Waals surface area (Å²) in [4.78, 5) is 24.5. The Balaban J connectivity index is 1.53. The number of amides is 2. The largest absolute Gasteiger partial charge is 0.399 e. The van der Waals surface area contributed by atoms with Crippen LogP contribution in [0, 0.1) is 6.92 Å². The third kappa shape index (κ3) is 5.20. The van der Waals surface area contributed by atoms with Gasteiger partial charge in [-0.3, -0.25) is 9.59 Å². The van der Waals surface area contributed by atoms with Gasteiger partial charge >= 0.3 is 0 Å². The molecule has 0 aromatic heterocycles. The number of carbonyl (C=O) groups is 2. The Morgan fingerprint density at radius 1 is 0.857 bits per heavy atom. The number of benzene rings is 3. The molecule has 3 aromatic rings. The zero-order valence-electron chi connectivity index (χ0n) is 15.7. The molecular formula is C23H23N3O2. The van der Waals surface area contributed by atoms with E-state index in [1.54, 1.807) is 30.3 Å². The quantitative estimate of drug-likeness (QED) is 0.560. The molecule has 3 rings (SSSR count). The second kappa shape index (κ2) is 8.86. The van der Waals surface area contributed by atoms with Gasteiger partial charge in [0, 0.05) is 29.0 Å². The molecule has 4 N–H and O–H groups in total. The molecule has 2 amide bonds. The van der Waals surface area contributed by atoms with Gasteiger partial charge in [0.1, 0.15) is 0 Å². The van der Waals surface area contributed by atoms with Crippen molar-refractivity contribution in [1.82, 2.24) is 0 Å². The first-order chi connectivity index (χ1) is 13.5. The van der Waals surface area contributed by atoms with Gasteiger partial charge in [0.2, 0.25) is 5.91 Å². The van der Waals surface area contributed by atoms with Crippen molar-refractivity contribution in [3.8, 4) is 0 Å². The number of aryl methyl sites for hydroxylation is 2. The summed E-state index contributed by atoms with van der Waals surface area (Å²) in [5.41, 5.74) is 10.4. The number of nitrogen functional groups attached to an aromatic ring is 1. The van der Waals surface area contributed by atoms with E-state index in [1.807, 2.05) is 49.4 Å². The van der Waals surface area contributed by atoms with Crippen LogP contribution in [0.1, 0.15) is 27.9 Å². The van der Waals surface area contributed by atoms with Crippen molar-refractivity contribution in [2.75, 3.05) is 16.4 Å². The molecule has 0 saturated carbocycles. The van der Waals surface area contributed by atoms with E-state index in [-0.39, 0.29) is 11.8 Å². The molecule has 0 fully saturated rings. The van der Waals surface area contributed by atoms with Crippen LogP contribution in [0.15, 0.2) is 72.8 Å². The first-order valence-corrected chi connectivity index (χ1v) is 9.12. The summed E-state index contributed by atoms with van der Waals surface area (Å²) in [7, 11) is 0. The van der Waals surface area contributed by atoms with Crippen LogP contribution in [0.5, 0.6) is 0 Å². The zero-order chi connectivity index (χ0) is 19.9. The lowest BCUT2D eigenvalue weighted by atomic mass is 10.1. The van der Waals surface area contributed by atoms with Crippen molar-refractivity contribution in [1.29, 1.82) is 0 Å². The highest BCUT2D eigenvalue weighted by atomic mass is 16.2. The van der Waals surface area contributed by atoms with Crippen molar-refractivity contribution < 1.29 is 9.59 Å². The number of rotatable bonds is 6. The SMILES string of the molecule is Cc1ccccc1C(=O)Nc1ccc(NC(=O)CCc2cccc(N)c2)cc1. The van der Waals surface area contributed by atoms with Crippen molar-refractivity contribution in [3.05, 3.63) is 89.5 Å². The number of anilines is 3. The van der Waals surface area contributed by atoms with Crippen LogP contribution in [0.4, 0.5) is 17.1 Å². The van der Waals surface area contributed by atoms with Gasteiger partial charge in [-0.2, -0.15) is 0 Å². The van der Waals surface area contributed by atoms with Gasteiger partial charge in [0.25, 0.3) is 5.91 Å². The monoisotopic (exact) mass is 373 g/mol. The van der Waals surface area contributed by atoms with E-state index in [4.69, 9.17) is 5.73 Å². The predicted octanol–water partition coefficient (Wildman–Crippen LogP) is 4.40. The summed E-state index contributed by atoms with van der Waals surface area (Å²) >= 11 is 0. The number of hydrogen-bond donors (Lipinski definition) is 3. The molecule has 0 aliphatic heterocycles. The van der Waals surface area contributed by atoms with Gasteiger partial charge < -0.3 is 16.4 Å². The number of hydrogen-bond acceptors (Lipinski definition) is 3. The van der Waals surface area contributed by atoms with Gasteiger partial charge in [-0.1, -0.05) is 30.3 Å². The molecule has 0 bridgehead atoms. The molecule has 0 aliphatic carbocycles. The molecule has 0 heterocycles. The van der Waals surface area contributed by atoms with Crippen LogP contribution in [-0.4, -0.2) is 11.8 Å². The second-order valence-electron chi connectivity index (χ2n) is 6.64. The number of carbonyl (C=O) groups excluding carboxylic acids is 2. The number of nitrogens with two attached hydrogens (primary N) is 1. The molecule has 0 spiro atoms. The van der Waals surface area contributed by atoms with Gasteiger partial charge in [0.15, 0.2) is 0 Å². The van der Waals surface area contributed by atoms with Crippen molar-refractivity contribution in [2.45, 2.75) is 19.8 Å². The molecule has 0 atom stereocenters. The minimum Gasteiger partial charge on any atom is -0.399 e. The van der Waals surface area contributed by atoms with E-state index < -0.39 is 0 Å². The van der Waals surface area contributed by atoms with E-state index in [9.17, 15) is 9.59 Å². The minimum absolute atomic E-state index is 0.0703. The first-order valence-electron chi connectivity index (χ1n) is 9.12. The molecule has 0 radical (unpaired) electrons. The standard InChI is InChI=1S/C23H23N3O2/c1-16-5-2-3-8-21(16)23(28)26-20-12-10-19(11-13-20)25-22(27)14-9-17-6-4-7-18(24)15-17/h2-8,10-13,15H,9,14,24H2,1H3,(H,25,27)(H,26,28). The van der Waals surface area contributed by atoms with Crippen LogP contribution >= 0.6 is 0 Å². The lowest BCUT2D eigenvalue weighted by Gasteiger charge is -2.09. The topological polar surface area (TPSA) is 84.2 Å². The average molecular weight is 373 g/mol. The molecule has 3 aromatic carbocycles. The maximum atomic E-state index is 12.4. The molecule has 0 unspecified atom stereocenters. The Labute approximate surface area is 164 Å². The Kier molecular flexibility index (Phi) is 6.07. The molecule has 142 valence electrons. The summed E-state index contributed by atoms with van der Waals surface area (Å²) in [6, 6.07) is 22.0. The third-order valence-electron chi connectivity index (χ3n) is 4.41. The van der Waals surface area contributed by atoms with Crippen molar-refractivity contribution in [3.63, 3.8) is 0 Å². The highest BCUT2D eigenvalue weighted by Crippen LogP contribution is 2.16. The van der Waals surface area contributed by atoms with Gasteiger partial charge in [-0.25, -0.2) is 0 Å². The fourth-order valence-electron chi connectivity index (χ4n) is 2.89. The summed E-state index contributed by atoms with van der Waals surface area (Å²) in [5.74, 6) is -0.226. The zero-order valence-corrected chi connectivity index (χ0v) is 15.7. The maximum absolute atomic E-state index is 12.4. The Morgan fingerprint density at radius 3 is 2.21 bits per heavy atom. The molecule has 28 heavy (non-hydrogen) atoms. The minimum atomic E-state index is -0.156. The normalized spacial score (nSPS) is 10.3. The first kappa shape index (κ1) is 19.2. The lowest BCUT2D eigenvalue weighted by Crippen LogP contribution is -2.14. The fourth-order valence-corrected chi connectivity index (χ4v) is 2.89. The second-order valence-corrected chi connectivity index (χ2v) is 6.64. The highest BCUT2D eigenvalue weighted by Gasteiger charge is 2.09. The van der Waals surface area contributed by atoms with Crippen LogP contribution < -0.4 is 16.4 Å². The van der Waals surface area contributed by atoms with Crippen molar-refractivity contribution in [2.24, 2.45) is 0 Å². The van der Waals surface area contributed by atoms with Gasteiger partial charge in [0.05, 0.1) is 0 Å². The Bertz CT molecular complexity index is 981. The maximum Gasteiger partial charge on any atom is 0.255 e. The van der Waals surface area contributed by atoms with Gasteiger partial charge in [-0.05, 0) is 66.9 Å². The van der Waals surface area contributed by atoms with E-state index in [1.165, 1.54) is 0 Å². The molecule has 0 aliphatic rings. The van der Waals surface area contributed by atoms with Crippen LogP contribution in [-0.2, 0) is 11.2 Å².